The molecule has 0 radical (unpaired) electrons. The highest BCUT2D eigenvalue weighted by atomic mass is 16.5. The van der Waals surface area contributed by atoms with Crippen LogP contribution in [0, 0.1) is 11.3 Å². The first-order valence-corrected chi connectivity index (χ1v) is 8.49. The summed E-state index contributed by atoms with van der Waals surface area (Å²) in [5, 5.41) is 11.7. The Morgan fingerprint density at radius 1 is 1.23 bits per heavy atom. The Kier molecular flexibility index (Phi) is 5.18. The molecule has 0 saturated heterocycles. The van der Waals surface area contributed by atoms with E-state index in [4.69, 9.17) is 10.00 Å². The van der Waals surface area contributed by atoms with E-state index in [1.54, 1.807) is 47.4 Å². The van der Waals surface area contributed by atoms with Crippen molar-refractivity contribution in [2.24, 2.45) is 0 Å². The van der Waals surface area contributed by atoms with Gasteiger partial charge < -0.3 is 15.0 Å². The van der Waals surface area contributed by atoms with Gasteiger partial charge >= 0.3 is 0 Å². The number of benzene rings is 2. The number of para-hydroxylation sites is 2. The van der Waals surface area contributed by atoms with Crippen LogP contribution in [0.2, 0.25) is 0 Å². The third kappa shape index (κ3) is 3.52. The molecule has 6 heteroatoms. The predicted octanol–water partition coefficient (Wildman–Crippen LogP) is 2.49. The van der Waals surface area contributed by atoms with Crippen molar-refractivity contribution in [2.45, 2.75) is 19.4 Å². The molecule has 0 fully saturated rings. The number of carbonyl (C=O) groups excluding carboxylic acids is 2. The van der Waals surface area contributed by atoms with Gasteiger partial charge in [-0.1, -0.05) is 19.1 Å². The number of hydrogen-bond donors (Lipinski definition) is 1. The molecule has 2 aromatic rings. The maximum absolute atomic E-state index is 13.0. The first kappa shape index (κ1) is 17.5. The van der Waals surface area contributed by atoms with Gasteiger partial charge in [0.2, 0.25) is 0 Å². The summed E-state index contributed by atoms with van der Waals surface area (Å²) in [6.45, 7) is 2.66. The van der Waals surface area contributed by atoms with Gasteiger partial charge in [0, 0.05) is 12.1 Å². The maximum atomic E-state index is 13.0. The number of hydrogen-bond acceptors (Lipinski definition) is 4. The zero-order valence-electron chi connectivity index (χ0n) is 14.4. The van der Waals surface area contributed by atoms with Gasteiger partial charge in [-0.3, -0.25) is 9.59 Å². The molecule has 26 heavy (non-hydrogen) atoms. The van der Waals surface area contributed by atoms with Crippen LogP contribution in [0.5, 0.6) is 5.75 Å². The van der Waals surface area contributed by atoms with Gasteiger partial charge in [0.25, 0.3) is 11.8 Å². The highest BCUT2D eigenvalue weighted by Gasteiger charge is 2.33. The first-order valence-electron chi connectivity index (χ1n) is 8.49. The van der Waals surface area contributed by atoms with E-state index in [2.05, 4.69) is 5.32 Å². The van der Waals surface area contributed by atoms with Gasteiger partial charge in [0.05, 0.1) is 23.9 Å². The molecule has 0 saturated carbocycles. The topological polar surface area (TPSA) is 82.4 Å². The van der Waals surface area contributed by atoms with E-state index in [1.807, 2.05) is 19.1 Å². The van der Waals surface area contributed by atoms with Gasteiger partial charge in [-0.25, -0.2) is 0 Å². The molecule has 0 bridgehead atoms. The summed E-state index contributed by atoms with van der Waals surface area (Å²) >= 11 is 0. The Morgan fingerprint density at radius 3 is 2.65 bits per heavy atom. The van der Waals surface area contributed by atoms with Crippen LogP contribution in [0.25, 0.3) is 0 Å². The second-order valence-electron chi connectivity index (χ2n) is 5.97. The van der Waals surface area contributed by atoms with E-state index < -0.39 is 6.10 Å². The number of fused-ring (bicyclic) bond motifs is 1. The molecule has 0 aliphatic carbocycles. The van der Waals surface area contributed by atoms with E-state index in [-0.39, 0.29) is 18.4 Å². The summed E-state index contributed by atoms with van der Waals surface area (Å²) < 4.78 is 5.79. The minimum absolute atomic E-state index is 0.130. The standard InChI is InChI=1S/C20H19N3O3/c1-2-11-22-19(24)18-13-23(16-5-3-4-6-17(16)26-18)20(25)15-9-7-14(12-21)8-10-15/h3-10,18H,2,11,13H2,1H3,(H,22,24)/t18-/m0/s1. The molecule has 1 atom stereocenters. The summed E-state index contributed by atoms with van der Waals surface area (Å²) in [6.07, 6.45) is 0.0573. The monoisotopic (exact) mass is 349 g/mol. The van der Waals surface area contributed by atoms with Crippen LogP contribution in [0.1, 0.15) is 29.3 Å². The average molecular weight is 349 g/mol. The van der Waals surface area contributed by atoms with Crippen molar-refractivity contribution in [3.63, 3.8) is 0 Å². The average Bonchev–Trinajstić information content (AvgIpc) is 2.70. The fourth-order valence-electron chi connectivity index (χ4n) is 2.77. The lowest BCUT2D eigenvalue weighted by atomic mass is 10.1. The Morgan fingerprint density at radius 2 is 1.96 bits per heavy atom. The quantitative estimate of drug-likeness (QED) is 0.919. The minimum Gasteiger partial charge on any atom is -0.477 e. The molecule has 0 aromatic heterocycles. The molecule has 1 heterocycles. The van der Waals surface area contributed by atoms with Gasteiger partial charge in [-0.2, -0.15) is 5.26 Å². The predicted molar refractivity (Wildman–Crippen MR) is 97.0 cm³/mol. The normalized spacial score (nSPS) is 15.4. The molecule has 1 N–H and O–H groups in total. The smallest absolute Gasteiger partial charge is 0.262 e. The number of nitrogens with one attached hydrogen (secondary N) is 1. The Bertz CT molecular complexity index is 855. The number of carbonyl (C=O) groups is 2. The van der Waals surface area contributed by atoms with Crippen molar-refractivity contribution in [3.05, 3.63) is 59.7 Å². The number of amides is 2. The third-order valence-corrected chi connectivity index (χ3v) is 4.12. The number of nitriles is 1. The summed E-state index contributed by atoms with van der Waals surface area (Å²) in [5.41, 5.74) is 1.57. The van der Waals surface area contributed by atoms with E-state index in [9.17, 15) is 9.59 Å². The summed E-state index contributed by atoms with van der Waals surface area (Å²) in [5.74, 6) is 0.0231. The number of anilines is 1. The van der Waals surface area contributed by atoms with Crippen LogP contribution in [0.4, 0.5) is 5.69 Å². The van der Waals surface area contributed by atoms with E-state index in [1.165, 1.54) is 0 Å². The zero-order chi connectivity index (χ0) is 18.5. The SMILES string of the molecule is CCCNC(=O)[C@@H]1CN(C(=O)c2ccc(C#N)cc2)c2ccccc2O1. The van der Waals surface area contributed by atoms with Crippen LogP contribution in [-0.4, -0.2) is 31.0 Å². The Labute approximate surface area is 152 Å². The number of nitrogens with zero attached hydrogens (tertiary/aromatic N) is 2. The molecule has 2 amide bonds. The first-order chi connectivity index (χ1) is 12.6. The summed E-state index contributed by atoms with van der Waals surface area (Å²) in [7, 11) is 0. The molecule has 3 rings (SSSR count). The van der Waals surface area contributed by atoms with Crippen LogP contribution in [0.15, 0.2) is 48.5 Å². The Hall–Kier alpha value is -3.33. The molecule has 2 aromatic carbocycles. The van der Waals surface area contributed by atoms with E-state index >= 15 is 0 Å². The molecule has 0 spiro atoms. The molecule has 1 aliphatic heterocycles. The lowest BCUT2D eigenvalue weighted by molar-refractivity contribution is -0.127. The van der Waals surface area contributed by atoms with Gasteiger partial charge in [-0.05, 0) is 42.8 Å². The van der Waals surface area contributed by atoms with Gasteiger partial charge in [0.1, 0.15) is 5.75 Å². The zero-order valence-corrected chi connectivity index (χ0v) is 14.4. The Balaban J connectivity index is 1.89. The minimum atomic E-state index is -0.765. The molecule has 1 aliphatic rings. The highest BCUT2D eigenvalue weighted by molar-refractivity contribution is 6.07. The largest absolute Gasteiger partial charge is 0.477 e. The number of ether oxygens (including phenoxy) is 1. The van der Waals surface area contributed by atoms with Crippen molar-refractivity contribution in [1.29, 1.82) is 5.26 Å². The van der Waals surface area contributed by atoms with Crippen molar-refractivity contribution in [2.75, 3.05) is 18.0 Å². The van der Waals surface area contributed by atoms with Crippen molar-refractivity contribution < 1.29 is 14.3 Å². The van der Waals surface area contributed by atoms with E-state index in [0.717, 1.165) is 6.42 Å². The van der Waals surface area contributed by atoms with Crippen molar-refractivity contribution in [3.8, 4) is 11.8 Å². The van der Waals surface area contributed by atoms with Crippen LogP contribution >= 0.6 is 0 Å². The van der Waals surface area contributed by atoms with Crippen molar-refractivity contribution in [1.82, 2.24) is 5.32 Å². The van der Waals surface area contributed by atoms with E-state index in [0.29, 0.717) is 29.1 Å². The van der Waals surface area contributed by atoms with Gasteiger partial charge in [-0.15, -0.1) is 0 Å². The summed E-state index contributed by atoms with van der Waals surface area (Å²) in [4.78, 5) is 26.9. The molecule has 0 unspecified atom stereocenters. The molecular weight excluding hydrogens is 330 g/mol. The second kappa shape index (κ2) is 7.70. The van der Waals surface area contributed by atoms with Gasteiger partial charge in [0.15, 0.2) is 6.10 Å². The van der Waals surface area contributed by atoms with Crippen molar-refractivity contribution >= 4 is 17.5 Å². The molecule has 132 valence electrons. The fraction of sp³-hybridized carbons (Fsp3) is 0.250. The summed E-state index contributed by atoms with van der Waals surface area (Å²) in [6, 6.07) is 15.6. The number of rotatable bonds is 4. The molecule has 6 nitrogen and oxygen atoms in total. The van der Waals surface area contributed by atoms with Crippen LogP contribution < -0.4 is 15.0 Å². The third-order valence-electron chi connectivity index (χ3n) is 4.12. The van der Waals surface area contributed by atoms with Crippen LogP contribution in [-0.2, 0) is 4.79 Å². The highest BCUT2D eigenvalue weighted by Crippen LogP contribution is 2.34. The maximum Gasteiger partial charge on any atom is 0.262 e. The molecular formula is C20H19N3O3. The lowest BCUT2D eigenvalue weighted by Gasteiger charge is -2.34. The lowest BCUT2D eigenvalue weighted by Crippen LogP contribution is -2.50. The van der Waals surface area contributed by atoms with Crippen LogP contribution in [0.3, 0.4) is 0 Å². The fourth-order valence-corrected chi connectivity index (χ4v) is 2.77. The second-order valence-corrected chi connectivity index (χ2v) is 5.97.